The topological polar surface area (TPSA) is 69.0 Å². The fourth-order valence-corrected chi connectivity index (χ4v) is 4.21. The maximum absolute atomic E-state index is 12.6. The number of aromatic nitrogens is 1. The fourth-order valence-electron chi connectivity index (χ4n) is 4.21. The number of hydrogen-bond acceptors (Lipinski definition) is 4. The predicted molar refractivity (Wildman–Crippen MR) is 99.8 cm³/mol. The minimum Gasteiger partial charge on any atom is -0.364 e. The molecule has 1 fully saturated rings. The minimum absolute atomic E-state index is 0.00740. The summed E-state index contributed by atoms with van der Waals surface area (Å²) in [6.07, 6.45) is 2.31. The Morgan fingerprint density at radius 1 is 1.19 bits per heavy atom. The smallest absolute Gasteiger partial charge is 0.225 e. The second-order valence-corrected chi connectivity index (χ2v) is 7.34. The van der Waals surface area contributed by atoms with Crippen molar-refractivity contribution < 1.29 is 4.79 Å². The van der Waals surface area contributed by atoms with E-state index < -0.39 is 0 Å². The zero-order valence-electron chi connectivity index (χ0n) is 15.1. The van der Waals surface area contributed by atoms with Gasteiger partial charge >= 0.3 is 0 Å². The number of carbonyl (C=O) groups excluding carboxylic acids is 1. The number of benzene rings is 1. The first-order valence-corrected chi connectivity index (χ1v) is 9.06. The van der Waals surface area contributed by atoms with E-state index in [-0.39, 0.29) is 18.0 Å². The van der Waals surface area contributed by atoms with Crippen molar-refractivity contribution in [1.82, 2.24) is 9.88 Å². The van der Waals surface area contributed by atoms with Crippen molar-refractivity contribution in [1.29, 1.82) is 5.26 Å². The number of hydrogen-bond donors (Lipinski definition) is 1. The van der Waals surface area contributed by atoms with E-state index in [4.69, 9.17) is 0 Å². The number of carbonyl (C=O) groups is 1. The molecule has 0 saturated carbocycles. The Bertz CT molecular complexity index is 890. The lowest BCUT2D eigenvalue weighted by Crippen LogP contribution is -2.38. The van der Waals surface area contributed by atoms with E-state index in [2.05, 4.69) is 40.6 Å². The van der Waals surface area contributed by atoms with Crippen LogP contribution in [-0.2, 0) is 17.6 Å². The third-order valence-electron chi connectivity index (χ3n) is 5.43. The minimum atomic E-state index is -0.00740. The molecule has 4 rings (SSSR count). The van der Waals surface area contributed by atoms with Crippen LogP contribution >= 0.6 is 0 Å². The SMILES string of the molecule is Cc1cc(C)c(C#N)c(N[C@@H]2CC(=O)N(C3Cc4ccccc4C3)C2)n1. The molecule has 0 radical (unpaired) electrons. The molecule has 1 aliphatic heterocycles. The molecule has 1 amide bonds. The summed E-state index contributed by atoms with van der Waals surface area (Å²) in [7, 11) is 0. The molecular formula is C21H22N4O. The number of pyridine rings is 1. The molecule has 0 bridgehead atoms. The van der Waals surface area contributed by atoms with Crippen molar-refractivity contribution in [2.24, 2.45) is 0 Å². The van der Waals surface area contributed by atoms with E-state index in [0.717, 1.165) is 24.1 Å². The number of nitrogens with one attached hydrogen (secondary N) is 1. The van der Waals surface area contributed by atoms with Crippen LogP contribution in [0.4, 0.5) is 5.82 Å². The van der Waals surface area contributed by atoms with Crippen molar-refractivity contribution in [3.63, 3.8) is 0 Å². The summed E-state index contributed by atoms with van der Waals surface area (Å²) in [4.78, 5) is 19.1. The van der Waals surface area contributed by atoms with Gasteiger partial charge in [0, 0.05) is 24.7 Å². The van der Waals surface area contributed by atoms with Crippen LogP contribution in [0.1, 0.15) is 34.4 Å². The standard InChI is InChI=1S/C21H22N4O/c1-13-7-14(2)23-21(19(13)11-22)24-17-10-20(26)25(12-17)18-8-15-5-3-4-6-16(15)9-18/h3-7,17-18H,8-10,12H2,1-2H3,(H,23,24)/t17-/m1/s1. The molecule has 2 aromatic rings. The molecule has 1 atom stereocenters. The third kappa shape index (κ3) is 2.92. The summed E-state index contributed by atoms with van der Waals surface area (Å²) < 4.78 is 0. The first kappa shape index (κ1) is 16.6. The Kier molecular flexibility index (Phi) is 4.12. The van der Waals surface area contributed by atoms with Crippen molar-refractivity contribution in [2.75, 3.05) is 11.9 Å². The summed E-state index contributed by atoms with van der Waals surface area (Å²) in [6, 6.07) is 12.8. The van der Waals surface area contributed by atoms with Crippen LogP contribution in [0.3, 0.4) is 0 Å². The third-order valence-corrected chi connectivity index (χ3v) is 5.43. The van der Waals surface area contributed by atoms with Gasteiger partial charge in [-0.15, -0.1) is 0 Å². The maximum atomic E-state index is 12.6. The number of anilines is 1. The fraction of sp³-hybridized carbons (Fsp3) is 0.381. The molecule has 1 aromatic carbocycles. The highest BCUT2D eigenvalue weighted by atomic mass is 16.2. The normalized spacial score (nSPS) is 19.5. The largest absolute Gasteiger partial charge is 0.364 e. The Morgan fingerprint density at radius 2 is 1.88 bits per heavy atom. The number of nitrogens with zero attached hydrogens (tertiary/aromatic N) is 3. The summed E-state index contributed by atoms with van der Waals surface area (Å²) in [5.74, 6) is 0.780. The molecule has 1 aromatic heterocycles. The molecule has 2 aliphatic rings. The first-order chi connectivity index (χ1) is 12.5. The first-order valence-electron chi connectivity index (χ1n) is 9.06. The second kappa shape index (κ2) is 6.45. The molecule has 26 heavy (non-hydrogen) atoms. The highest BCUT2D eigenvalue weighted by molar-refractivity contribution is 5.80. The van der Waals surface area contributed by atoms with Crippen molar-refractivity contribution >= 4 is 11.7 Å². The zero-order chi connectivity index (χ0) is 18.3. The summed E-state index contributed by atoms with van der Waals surface area (Å²) >= 11 is 0. The lowest BCUT2D eigenvalue weighted by Gasteiger charge is -2.24. The molecule has 1 aliphatic carbocycles. The van der Waals surface area contributed by atoms with E-state index in [0.29, 0.717) is 24.3 Å². The Morgan fingerprint density at radius 3 is 2.54 bits per heavy atom. The van der Waals surface area contributed by atoms with Gasteiger partial charge < -0.3 is 10.2 Å². The van der Waals surface area contributed by atoms with Crippen LogP contribution in [0.25, 0.3) is 0 Å². The van der Waals surface area contributed by atoms with Crippen LogP contribution < -0.4 is 5.32 Å². The molecule has 132 valence electrons. The maximum Gasteiger partial charge on any atom is 0.225 e. The quantitative estimate of drug-likeness (QED) is 0.928. The Hall–Kier alpha value is -2.87. The Balaban J connectivity index is 1.49. The Labute approximate surface area is 153 Å². The highest BCUT2D eigenvalue weighted by Crippen LogP contribution is 2.29. The number of nitriles is 1. The molecule has 1 saturated heterocycles. The van der Waals surface area contributed by atoms with Gasteiger partial charge in [0.25, 0.3) is 0 Å². The van der Waals surface area contributed by atoms with Gasteiger partial charge in [-0.25, -0.2) is 4.98 Å². The molecule has 2 heterocycles. The number of fused-ring (bicyclic) bond motifs is 1. The molecule has 1 N–H and O–H groups in total. The summed E-state index contributed by atoms with van der Waals surface area (Å²) in [5, 5.41) is 12.8. The van der Waals surface area contributed by atoms with E-state index >= 15 is 0 Å². The van der Waals surface area contributed by atoms with Gasteiger partial charge in [-0.3, -0.25) is 4.79 Å². The summed E-state index contributed by atoms with van der Waals surface area (Å²) in [6.45, 7) is 4.50. The van der Waals surface area contributed by atoms with Crippen LogP contribution in [-0.4, -0.2) is 34.4 Å². The number of likely N-dealkylation sites (tertiary alicyclic amines) is 1. The van der Waals surface area contributed by atoms with Crippen molar-refractivity contribution in [2.45, 2.75) is 45.2 Å². The van der Waals surface area contributed by atoms with Gasteiger partial charge in [0.15, 0.2) is 0 Å². The molecular weight excluding hydrogens is 324 g/mol. The van der Waals surface area contributed by atoms with Gasteiger partial charge in [0.05, 0.1) is 11.6 Å². The van der Waals surface area contributed by atoms with Crippen molar-refractivity contribution in [3.8, 4) is 6.07 Å². The van der Waals surface area contributed by atoms with Crippen molar-refractivity contribution in [3.05, 3.63) is 58.3 Å². The van der Waals surface area contributed by atoms with E-state index in [1.54, 1.807) is 0 Å². The molecule has 0 unspecified atom stereocenters. The number of aryl methyl sites for hydroxylation is 2. The average Bonchev–Trinajstić information content (AvgIpc) is 3.17. The van der Waals surface area contributed by atoms with Crippen LogP contribution in [0.2, 0.25) is 0 Å². The van der Waals surface area contributed by atoms with Gasteiger partial charge in [-0.1, -0.05) is 24.3 Å². The van der Waals surface area contributed by atoms with E-state index in [1.165, 1.54) is 11.1 Å². The lowest BCUT2D eigenvalue weighted by atomic mass is 10.1. The van der Waals surface area contributed by atoms with Gasteiger partial charge in [-0.05, 0) is 49.4 Å². The van der Waals surface area contributed by atoms with Crippen LogP contribution in [0.15, 0.2) is 30.3 Å². The molecule has 5 heteroatoms. The molecule has 0 spiro atoms. The van der Waals surface area contributed by atoms with Crippen LogP contribution in [0.5, 0.6) is 0 Å². The number of rotatable bonds is 3. The van der Waals surface area contributed by atoms with Gasteiger partial charge in [0.1, 0.15) is 11.9 Å². The number of amides is 1. The monoisotopic (exact) mass is 346 g/mol. The van der Waals surface area contributed by atoms with Gasteiger partial charge in [0.2, 0.25) is 5.91 Å². The highest BCUT2D eigenvalue weighted by Gasteiger charge is 2.37. The lowest BCUT2D eigenvalue weighted by molar-refractivity contribution is -0.129. The van der Waals surface area contributed by atoms with Crippen LogP contribution in [0, 0.1) is 25.2 Å². The molecule has 5 nitrogen and oxygen atoms in total. The summed E-state index contributed by atoms with van der Waals surface area (Å²) in [5.41, 5.74) is 5.05. The van der Waals surface area contributed by atoms with E-state index in [1.807, 2.05) is 24.8 Å². The average molecular weight is 346 g/mol. The second-order valence-electron chi connectivity index (χ2n) is 7.34. The van der Waals surface area contributed by atoms with E-state index in [9.17, 15) is 10.1 Å². The predicted octanol–water partition coefficient (Wildman–Crippen LogP) is 2.75. The zero-order valence-corrected chi connectivity index (χ0v) is 15.1. The van der Waals surface area contributed by atoms with Gasteiger partial charge in [-0.2, -0.15) is 5.26 Å².